The predicted octanol–water partition coefficient (Wildman–Crippen LogP) is 6.52. The van der Waals surface area contributed by atoms with Gasteiger partial charge in [0.05, 0.1) is 0 Å². The molecule has 0 amide bonds. The van der Waals surface area contributed by atoms with Gasteiger partial charge in [-0.3, -0.25) is 0 Å². The van der Waals surface area contributed by atoms with Crippen LogP contribution in [0.2, 0.25) is 0 Å². The fourth-order valence-electron chi connectivity index (χ4n) is 1.04. The maximum Gasteiger partial charge on any atom is -0.0184 e. The minimum atomic E-state index is 1.10. The van der Waals surface area contributed by atoms with E-state index in [9.17, 15) is 0 Å². The van der Waals surface area contributed by atoms with E-state index in [0.717, 1.165) is 5.57 Å². The van der Waals surface area contributed by atoms with Crippen molar-refractivity contribution >= 4 is 5.57 Å². The van der Waals surface area contributed by atoms with Crippen LogP contribution in [0.1, 0.15) is 47.1 Å². The molecule has 0 unspecified atom stereocenters. The Hall–Kier alpha value is -1.56. The maximum absolute atomic E-state index is 3.74. The molecule has 1 aromatic carbocycles. The Labute approximate surface area is 115 Å². The lowest BCUT2D eigenvalue weighted by Crippen LogP contribution is -1.77. The molecule has 0 spiro atoms. The van der Waals surface area contributed by atoms with Gasteiger partial charge in [0.25, 0.3) is 0 Å². The van der Waals surface area contributed by atoms with Crippen LogP contribution >= 0.6 is 0 Å². The summed E-state index contributed by atoms with van der Waals surface area (Å²) in [5, 5.41) is 0. The molecule has 0 bridgehead atoms. The highest BCUT2D eigenvalue weighted by Crippen LogP contribution is 2.14. The van der Waals surface area contributed by atoms with Crippen molar-refractivity contribution in [3.05, 3.63) is 67.3 Å². The van der Waals surface area contributed by atoms with Crippen molar-refractivity contribution in [2.45, 2.75) is 41.5 Å². The van der Waals surface area contributed by atoms with Gasteiger partial charge in [0.1, 0.15) is 0 Å². The van der Waals surface area contributed by atoms with Gasteiger partial charge in [-0.15, -0.1) is 0 Å². The lowest BCUT2D eigenvalue weighted by Gasteiger charge is -1.99. The van der Waals surface area contributed by atoms with Crippen LogP contribution in [0.5, 0.6) is 0 Å². The van der Waals surface area contributed by atoms with E-state index in [0.29, 0.717) is 0 Å². The fraction of sp³-hybridized carbons (Fsp3) is 0.333. The highest BCUT2D eigenvalue weighted by atomic mass is 14.0. The molecule has 0 aromatic heterocycles. The molecule has 18 heavy (non-hydrogen) atoms. The quantitative estimate of drug-likeness (QED) is 0.532. The van der Waals surface area contributed by atoms with E-state index in [2.05, 4.69) is 25.3 Å². The monoisotopic (exact) mass is 246 g/mol. The Morgan fingerprint density at radius 3 is 1.61 bits per heavy atom. The highest BCUT2D eigenvalue weighted by Gasteiger charge is 1.92. The maximum atomic E-state index is 3.74. The molecule has 0 aliphatic heterocycles. The normalized spacial score (nSPS) is 8.22. The largest absolute Gasteiger partial charge is 0.0990 e. The third-order valence-electron chi connectivity index (χ3n) is 1.62. The minimum absolute atomic E-state index is 1.10. The van der Waals surface area contributed by atoms with Gasteiger partial charge >= 0.3 is 0 Å². The summed E-state index contributed by atoms with van der Waals surface area (Å²) in [6, 6.07) is 10.1. The molecular formula is C18H30. The van der Waals surface area contributed by atoms with E-state index in [1.165, 1.54) is 5.56 Å². The smallest absolute Gasteiger partial charge is 0.0184 e. The van der Waals surface area contributed by atoms with Crippen molar-refractivity contribution in [2.75, 3.05) is 0 Å². The van der Waals surface area contributed by atoms with Crippen LogP contribution in [-0.4, -0.2) is 0 Å². The van der Waals surface area contributed by atoms with E-state index < -0.39 is 0 Å². The fourth-order valence-corrected chi connectivity index (χ4v) is 1.04. The lowest BCUT2D eigenvalue weighted by atomic mass is 10.1. The second kappa shape index (κ2) is 20.8. The molecule has 0 heteroatoms. The molecule has 0 saturated carbocycles. The number of allylic oxidation sites excluding steroid dienone is 4. The summed E-state index contributed by atoms with van der Waals surface area (Å²) in [5.41, 5.74) is 2.28. The van der Waals surface area contributed by atoms with Crippen LogP contribution in [0.3, 0.4) is 0 Å². The summed E-state index contributed by atoms with van der Waals surface area (Å²) in [6.07, 6.45) is 5.54. The summed E-state index contributed by atoms with van der Waals surface area (Å²) >= 11 is 0. The Balaban J connectivity index is -0.000000328. The molecule has 1 rings (SSSR count). The van der Waals surface area contributed by atoms with E-state index in [-0.39, 0.29) is 0 Å². The van der Waals surface area contributed by atoms with Crippen LogP contribution in [-0.2, 0) is 0 Å². The molecule has 0 atom stereocenters. The topological polar surface area (TPSA) is 0 Å². The summed E-state index contributed by atoms with van der Waals surface area (Å²) in [7, 11) is 0. The first kappa shape index (κ1) is 21.7. The third-order valence-corrected chi connectivity index (χ3v) is 1.62. The van der Waals surface area contributed by atoms with Gasteiger partial charge < -0.3 is 0 Å². The van der Waals surface area contributed by atoms with Crippen LogP contribution in [0, 0.1) is 0 Å². The van der Waals surface area contributed by atoms with Crippen molar-refractivity contribution in [3.8, 4) is 0 Å². The molecule has 0 radical (unpaired) electrons. The summed E-state index contributed by atoms with van der Waals surface area (Å²) in [4.78, 5) is 0. The number of benzene rings is 1. The van der Waals surface area contributed by atoms with Crippen molar-refractivity contribution < 1.29 is 0 Å². The average molecular weight is 246 g/mol. The minimum Gasteiger partial charge on any atom is -0.0990 e. The molecule has 0 saturated heterocycles. The molecule has 0 nitrogen and oxygen atoms in total. The Bertz CT molecular complexity index is 291. The van der Waals surface area contributed by atoms with Crippen molar-refractivity contribution in [3.63, 3.8) is 0 Å². The first-order valence-electron chi connectivity index (χ1n) is 6.89. The summed E-state index contributed by atoms with van der Waals surface area (Å²) < 4.78 is 0. The van der Waals surface area contributed by atoms with Gasteiger partial charge in [-0.1, -0.05) is 103 Å². The van der Waals surface area contributed by atoms with E-state index in [4.69, 9.17) is 0 Å². The van der Waals surface area contributed by atoms with Crippen molar-refractivity contribution in [2.24, 2.45) is 0 Å². The van der Waals surface area contributed by atoms with Crippen molar-refractivity contribution in [1.29, 1.82) is 0 Å². The Kier molecular flexibility index (Phi) is 25.1. The second-order valence-corrected chi connectivity index (χ2v) is 2.43. The van der Waals surface area contributed by atoms with Crippen molar-refractivity contribution in [1.82, 2.24) is 0 Å². The lowest BCUT2D eigenvalue weighted by molar-refractivity contribution is 1.50. The Morgan fingerprint density at radius 2 is 1.28 bits per heavy atom. The van der Waals surface area contributed by atoms with Gasteiger partial charge in [-0.05, 0) is 11.1 Å². The predicted molar refractivity (Wildman–Crippen MR) is 88.9 cm³/mol. The second-order valence-electron chi connectivity index (χ2n) is 2.43. The highest BCUT2D eigenvalue weighted by molar-refractivity contribution is 5.74. The SMILES string of the molecule is C=C/C=C(\C=C)c1ccccc1.CC.CC.CC. The van der Waals surface area contributed by atoms with E-state index in [1.807, 2.05) is 71.9 Å². The molecule has 102 valence electrons. The van der Waals surface area contributed by atoms with Gasteiger partial charge in [0.2, 0.25) is 0 Å². The number of hydrogen-bond donors (Lipinski definition) is 0. The van der Waals surface area contributed by atoms with Gasteiger partial charge in [-0.25, -0.2) is 0 Å². The van der Waals surface area contributed by atoms with Crippen LogP contribution in [0.25, 0.3) is 5.57 Å². The summed E-state index contributed by atoms with van der Waals surface area (Å²) in [5.74, 6) is 0. The number of hydrogen-bond acceptors (Lipinski definition) is 0. The van der Waals surface area contributed by atoms with Crippen LogP contribution < -0.4 is 0 Å². The first-order valence-corrected chi connectivity index (χ1v) is 6.89. The standard InChI is InChI=1S/C12H12.3C2H6/c1-3-8-11(4-2)12-9-6-5-7-10-12;3*1-2/h3-10H,1-2H2;3*1-2H3/b11-8+;;;. The third kappa shape index (κ3) is 10.9. The first-order chi connectivity index (χ1) is 8.88. The molecule has 0 heterocycles. The van der Waals surface area contributed by atoms with Crippen LogP contribution in [0.15, 0.2) is 61.7 Å². The summed E-state index contributed by atoms with van der Waals surface area (Å²) in [6.45, 7) is 19.4. The van der Waals surface area contributed by atoms with E-state index in [1.54, 1.807) is 6.08 Å². The van der Waals surface area contributed by atoms with Gasteiger partial charge in [0, 0.05) is 0 Å². The molecule has 0 aliphatic rings. The molecular weight excluding hydrogens is 216 g/mol. The zero-order valence-electron chi connectivity index (χ0n) is 13.0. The van der Waals surface area contributed by atoms with Gasteiger partial charge in [-0.2, -0.15) is 0 Å². The van der Waals surface area contributed by atoms with E-state index >= 15 is 0 Å². The molecule has 0 fully saturated rings. The van der Waals surface area contributed by atoms with Crippen LogP contribution in [0.4, 0.5) is 0 Å². The molecule has 0 aliphatic carbocycles. The molecule has 0 N–H and O–H groups in total. The Morgan fingerprint density at radius 1 is 0.833 bits per heavy atom. The van der Waals surface area contributed by atoms with Gasteiger partial charge in [0.15, 0.2) is 0 Å². The number of rotatable bonds is 3. The zero-order valence-corrected chi connectivity index (χ0v) is 13.0. The zero-order chi connectivity index (χ0) is 14.8. The molecule has 1 aromatic rings. The average Bonchev–Trinajstić information content (AvgIpc) is 2.52.